The summed E-state index contributed by atoms with van der Waals surface area (Å²) < 4.78 is 1.62. The van der Waals surface area contributed by atoms with E-state index in [0.717, 1.165) is 11.3 Å². The van der Waals surface area contributed by atoms with Gasteiger partial charge in [0.15, 0.2) is 0 Å². The highest BCUT2D eigenvalue weighted by Crippen LogP contribution is 2.20. The van der Waals surface area contributed by atoms with Crippen molar-refractivity contribution in [2.24, 2.45) is 0 Å². The number of aromatic nitrogens is 4. The van der Waals surface area contributed by atoms with Crippen molar-refractivity contribution in [1.29, 1.82) is 0 Å². The average molecular weight is 439 g/mol. The third-order valence-corrected chi connectivity index (χ3v) is 5.89. The fourth-order valence-electron chi connectivity index (χ4n) is 3.01. The minimum atomic E-state index is -0.178. The molecule has 1 aromatic heterocycles. The smallest absolute Gasteiger partial charge is 0.253 e. The molecule has 0 aliphatic heterocycles. The molecule has 0 fully saturated rings. The van der Waals surface area contributed by atoms with Gasteiger partial charge >= 0.3 is 0 Å². The van der Waals surface area contributed by atoms with Gasteiger partial charge < -0.3 is 10.2 Å². The number of benzene rings is 2. The Morgan fingerprint density at radius 3 is 2.39 bits per heavy atom. The van der Waals surface area contributed by atoms with Crippen LogP contribution in [0.1, 0.15) is 35.3 Å². The average Bonchev–Trinajstić information content (AvgIpc) is 3.24. The zero-order valence-electron chi connectivity index (χ0n) is 18.1. The molecule has 0 saturated carbocycles. The third-order valence-electron chi connectivity index (χ3n) is 4.97. The number of hydrogen-bond donors (Lipinski definition) is 1. The van der Waals surface area contributed by atoms with Gasteiger partial charge in [0.2, 0.25) is 11.1 Å². The van der Waals surface area contributed by atoms with Crippen LogP contribution in [0.2, 0.25) is 0 Å². The second kappa shape index (κ2) is 10.2. The summed E-state index contributed by atoms with van der Waals surface area (Å²) in [5.41, 5.74) is 4.42. The quantitative estimate of drug-likeness (QED) is 0.541. The normalized spacial score (nSPS) is 10.7. The molecule has 0 unspecified atom stereocenters. The summed E-state index contributed by atoms with van der Waals surface area (Å²) in [5.74, 6) is -0.0372. The molecule has 0 saturated heterocycles. The zero-order valence-corrected chi connectivity index (χ0v) is 18.9. The predicted molar refractivity (Wildman–Crippen MR) is 122 cm³/mol. The van der Waals surface area contributed by atoms with Crippen LogP contribution in [0.4, 0.5) is 5.69 Å². The highest BCUT2D eigenvalue weighted by molar-refractivity contribution is 7.99. The van der Waals surface area contributed by atoms with Crippen LogP contribution in [0.15, 0.2) is 47.6 Å². The van der Waals surface area contributed by atoms with Gasteiger partial charge in [-0.3, -0.25) is 9.59 Å². The number of nitrogens with zero attached hydrogens (tertiary/aromatic N) is 5. The maximum atomic E-state index is 12.4. The molecule has 0 aliphatic rings. The minimum absolute atomic E-state index is 0.0170. The Kier molecular flexibility index (Phi) is 7.41. The van der Waals surface area contributed by atoms with Gasteiger partial charge in [-0.15, -0.1) is 5.10 Å². The summed E-state index contributed by atoms with van der Waals surface area (Å²) in [5, 5.41) is 15.2. The van der Waals surface area contributed by atoms with Gasteiger partial charge in [0.25, 0.3) is 5.91 Å². The predicted octanol–water partition coefficient (Wildman–Crippen LogP) is 3.49. The number of nitrogens with one attached hydrogen (secondary N) is 1. The Balaban J connectivity index is 1.59. The number of carbonyl (C=O) groups excluding carboxylic acids is 2. The first-order valence-electron chi connectivity index (χ1n) is 10.1. The molecule has 0 spiro atoms. The molecule has 31 heavy (non-hydrogen) atoms. The van der Waals surface area contributed by atoms with Crippen molar-refractivity contribution < 1.29 is 9.59 Å². The van der Waals surface area contributed by atoms with Crippen LogP contribution in [0, 0.1) is 13.8 Å². The molecule has 0 atom stereocenters. The van der Waals surface area contributed by atoms with E-state index >= 15 is 0 Å². The van der Waals surface area contributed by atoms with Crippen molar-refractivity contribution in [2.45, 2.75) is 32.9 Å². The van der Waals surface area contributed by atoms with E-state index in [1.807, 2.05) is 45.9 Å². The first-order valence-corrected chi connectivity index (χ1v) is 11.1. The van der Waals surface area contributed by atoms with E-state index in [1.54, 1.807) is 33.8 Å². The number of rotatable bonds is 8. The van der Waals surface area contributed by atoms with E-state index in [-0.39, 0.29) is 17.6 Å². The Morgan fingerprint density at radius 1 is 1.03 bits per heavy atom. The van der Waals surface area contributed by atoms with Crippen molar-refractivity contribution in [1.82, 2.24) is 25.1 Å². The van der Waals surface area contributed by atoms with Gasteiger partial charge in [-0.2, -0.15) is 4.68 Å². The SMILES string of the molecule is CCN(CC)C(=O)c1ccc(NC(=O)CSc2nnnn2-c2ccc(C)c(C)c2)cc1. The Hall–Kier alpha value is -3.20. The molecular weight excluding hydrogens is 412 g/mol. The van der Waals surface area contributed by atoms with Crippen LogP contribution in [0.25, 0.3) is 5.69 Å². The molecule has 0 aliphatic carbocycles. The molecule has 8 nitrogen and oxygen atoms in total. The van der Waals surface area contributed by atoms with Crippen molar-refractivity contribution >= 4 is 29.3 Å². The molecular formula is C22H26N6O2S. The van der Waals surface area contributed by atoms with Crippen LogP contribution >= 0.6 is 11.8 Å². The van der Waals surface area contributed by atoms with Gasteiger partial charge in [0, 0.05) is 24.3 Å². The second-order valence-electron chi connectivity index (χ2n) is 7.03. The fraction of sp³-hybridized carbons (Fsp3) is 0.318. The van der Waals surface area contributed by atoms with Crippen LogP contribution in [0.3, 0.4) is 0 Å². The molecule has 0 radical (unpaired) electrons. The first-order chi connectivity index (χ1) is 14.9. The molecule has 1 heterocycles. The van der Waals surface area contributed by atoms with E-state index in [0.29, 0.717) is 29.5 Å². The molecule has 2 aromatic carbocycles. The Morgan fingerprint density at radius 2 is 1.74 bits per heavy atom. The summed E-state index contributed by atoms with van der Waals surface area (Å²) in [6, 6.07) is 12.9. The molecule has 3 aromatic rings. The molecule has 162 valence electrons. The second-order valence-corrected chi connectivity index (χ2v) is 7.98. The lowest BCUT2D eigenvalue weighted by Crippen LogP contribution is -2.30. The third kappa shape index (κ3) is 5.49. The number of aryl methyl sites for hydroxylation is 2. The lowest BCUT2D eigenvalue weighted by Gasteiger charge is -2.18. The highest BCUT2D eigenvalue weighted by atomic mass is 32.2. The Bertz CT molecular complexity index is 1060. The zero-order chi connectivity index (χ0) is 22.4. The summed E-state index contributed by atoms with van der Waals surface area (Å²) in [7, 11) is 0. The lowest BCUT2D eigenvalue weighted by atomic mass is 10.1. The number of amides is 2. The van der Waals surface area contributed by atoms with Gasteiger partial charge in [-0.25, -0.2) is 0 Å². The highest BCUT2D eigenvalue weighted by Gasteiger charge is 2.14. The largest absolute Gasteiger partial charge is 0.339 e. The molecule has 3 rings (SSSR count). The van der Waals surface area contributed by atoms with Gasteiger partial charge in [-0.1, -0.05) is 17.8 Å². The summed E-state index contributed by atoms with van der Waals surface area (Å²) >= 11 is 1.26. The number of anilines is 1. The van der Waals surface area contributed by atoms with Crippen molar-refractivity contribution in [3.63, 3.8) is 0 Å². The van der Waals surface area contributed by atoms with Crippen LogP contribution in [-0.4, -0.2) is 55.8 Å². The molecule has 1 N–H and O–H groups in total. The van der Waals surface area contributed by atoms with Crippen molar-refractivity contribution in [3.05, 3.63) is 59.2 Å². The number of hydrogen-bond acceptors (Lipinski definition) is 6. The topological polar surface area (TPSA) is 93.0 Å². The maximum absolute atomic E-state index is 12.4. The summed E-state index contributed by atoms with van der Waals surface area (Å²) in [6.45, 7) is 9.29. The van der Waals surface area contributed by atoms with Crippen molar-refractivity contribution in [3.8, 4) is 5.69 Å². The monoisotopic (exact) mass is 438 g/mol. The van der Waals surface area contributed by atoms with Gasteiger partial charge in [-0.05, 0) is 85.6 Å². The molecule has 0 bridgehead atoms. The van der Waals surface area contributed by atoms with Crippen LogP contribution in [0.5, 0.6) is 0 Å². The standard InChI is InChI=1S/C22H26N6O2S/c1-5-27(6-2)21(30)17-8-10-18(11-9-17)23-20(29)14-31-22-24-25-26-28(22)19-12-7-15(3)16(4)13-19/h7-13H,5-6,14H2,1-4H3,(H,23,29). The maximum Gasteiger partial charge on any atom is 0.253 e. The van der Waals surface area contributed by atoms with Crippen molar-refractivity contribution in [2.75, 3.05) is 24.2 Å². The van der Waals surface area contributed by atoms with E-state index in [1.165, 1.54) is 17.3 Å². The van der Waals surface area contributed by atoms with Gasteiger partial charge in [0.1, 0.15) is 0 Å². The van der Waals surface area contributed by atoms with Crippen LogP contribution in [-0.2, 0) is 4.79 Å². The molecule has 9 heteroatoms. The summed E-state index contributed by atoms with van der Waals surface area (Å²) in [6.07, 6.45) is 0. The number of carbonyl (C=O) groups is 2. The van der Waals surface area contributed by atoms with E-state index in [9.17, 15) is 9.59 Å². The first kappa shape index (κ1) is 22.5. The number of tetrazole rings is 1. The van der Waals surface area contributed by atoms with E-state index < -0.39 is 0 Å². The minimum Gasteiger partial charge on any atom is -0.339 e. The molecule has 2 amide bonds. The lowest BCUT2D eigenvalue weighted by molar-refractivity contribution is -0.113. The summed E-state index contributed by atoms with van der Waals surface area (Å²) in [4.78, 5) is 26.5. The van der Waals surface area contributed by atoms with Crippen LogP contribution < -0.4 is 5.32 Å². The van der Waals surface area contributed by atoms with E-state index in [2.05, 4.69) is 20.8 Å². The number of thioether (sulfide) groups is 1. The van der Waals surface area contributed by atoms with Gasteiger partial charge in [0.05, 0.1) is 11.4 Å². The Labute approximate surface area is 186 Å². The fourth-order valence-corrected chi connectivity index (χ4v) is 3.70. The van der Waals surface area contributed by atoms with E-state index in [4.69, 9.17) is 0 Å².